The number of aliphatic hydroxyl groups is 1. The second-order valence-electron chi connectivity index (χ2n) is 7.33. The van der Waals surface area contributed by atoms with Crippen molar-refractivity contribution < 1.29 is 5.11 Å². The zero-order valence-electron chi connectivity index (χ0n) is 14.2. The Hall–Kier alpha value is -0.900. The van der Waals surface area contributed by atoms with E-state index in [1.54, 1.807) is 0 Å². The molecule has 3 heteroatoms. The predicted octanol–water partition coefficient (Wildman–Crippen LogP) is 2.75. The van der Waals surface area contributed by atoms with Crippen molar-refractivity contribution in [1.29, 1.82) is 0 Å². The number of β-amino-alcohol motifs (C(OH)–C–C–N with tert-alkyl or cyclic N) is 1. The van der Waals surface area contributed by atoms with Crippen LogP contribution in [-0.2, 0) is 0 Å². The van der Waals surface area contributed by atoms with Gasteiger partial charge in [-0.1, -0.05) is 23.8 Å². The van der Waals surface area contributed by atoms with E-state index in [1.807, 2.05) is 0 Å². The Morgan fingerprint density at radius 2 is 1.71 bits per heavy atom. The zero-order valence-corrected chi connectivity index (χ0v) is 14.2. The molecule has 0 aromatic heterocycles. The number of aryl methyl sites for hydroxylation is 2. The monoisotopic (exact) mass is 290 g/mol. The molecule has 0 bridgehead atoms. The van der Waals surface area contributed by atoms with Crippen LogP contribution >= 0.6 is 0 Å². The summed E-state index contributed by atoms with van der Waals surface area (Å²) in [6.45, 7) is 16.0. The largest absolute Gasteiger partial charge is 0.387 e. The Morgan fingerprint density at radius 1 is 1.10 bits per heavy atom. The van der Waals surface area contributed by atoms with E-state index < -0.39 is 0 Å². The highest BCUT2D eigenvalue weighted by atomic mass is 16.3. The molecule has 0 aliphatic carbocycles. The van der Waals surface area contributed by atoms with Crippen LogP contribution in [0, 0.1) is 13.8 Å². The third-order valence-corrected chi connectivity index (χ3v) is 4.54. The molecule has 1 N–H and O–H groups in total. The Bertz CT molecular complexity index is 471. The number of hydrogen-bond acceptors (Lipinski definition) is 3. The first-order chi connectivity index (χ1) is 9.77. The molecule has 0 radical (unpaired) electrons. The molecule has 1 fully saturated rings. The van der Waals surface area contributed by atoms with Crippen LogP contribution in [0.25, 0.3) is 0 Å². The van der Waals surface area contributed by atoms with Gasteiger partial charge in [0.15, 0.2) is 0 Å². The highest BCUT2D eigenvalue weighted by molar-refractivity contribution is 5.32. The minimum Gasteiger partial charge on any atom is -0.387 e. The number of benzene rings is 1. The molecule has 1 heterocycles. The lowest BCUT2D eigenvalue weighted by molar-refractivity contribution is 0.0361. The lowest BCUT2D eigenvalue weighted by Gasteiger charge is -2.42. The van der Waals surface area contributed by atoms with Crippen molar-refractivity contribution in [1.82, 2.24) is 9.80 Å². The molecule has 118 valence electrons. The molecular formula is C18H30N2O. The van der Waals surface area contributed by atoms with Crippen molar-refractivity contribution in [2.45, 2.75) is 46.3 Å². The van der Waals surface area contributed by atoms with E-state index in [9.17, 15) is 5.11 Å². The molecule has 3 nitrogen and oxygen atoms in total. The Kier molecular flexibility index (Phi) is 5.07. The number of aliphatic hydroxyl groups excluding tert-OH is 1. The fourth-order valence-electron chi connectivity index (χ4n) is 3.14. The summed E-state index contributed by atoms with van der Waals surface area (Å²) in [4.78, 5) is 4.90. The second-order valence-corrected chi connectivity index (χ2v) is 7.33. The highest BCUT2D eigenvalue weighted by Crippen LogP contribution is 2.21. The SMILES string of the molecule is Cc1ccc(C(O)CN2CCN(C(C)(C)C)CC2)c(C)c1. The van der Waals surface area contributed by atoms with E-state index in [0.29, 0.717) is 0 Å². The number of rotatable bonds is 3. The first-order valence-electron chi connectivity index (χ1n) is 8.00. The Morgan fingerprint density at radius 3 is 2.24 bits per heavy atom. The average molecular weight is 290 g/mol. The van der Waals surface area contributed by atoms with Crippen LogP contribution in [0.4, 0.5) is 0 Å². The third-order valence-electron chi connectivity index (χ3n) is 4.54. The maximum atomic E-state index is 10.5. The fourth-order valence-corrected chi connectivity index (χ4v) is 3.14. The molecule has 0 amide bonds. The van der Waals surface area contributed by atoms with Gasteiger partial charge in [-0.2, -0.15) is 0 Å². The standard InChI is InChI=1S/C18H30N2O/c1-14-6-7-16(15(2)12-14)17(21)13-19-8-10-20(11-9-19)18(3,4)5/h6-7,12,17,21H,8-11,13H2,1-5H3. The molecule has 1 aliphatic heterocycles. The molecule has 1 aromatic rings. The van der Waals surface area contributed by atoms with Crippen molar-refractivity contribution in [2.75, 3.05) is 32.7 Å². The van der Waals surface area contributed by atoms with Gasteiger partial charge in [0, 0.05) is 38.3 Å². The number of nitrogens with zero attached hydrogens (tertiary/aromatic N) is 2. The molecule has 1 atom stereocenters. The van der Waals surface area contributed by atoms with Crippen LogP contribution in [0.1, 0.15) is 43.6 Å². The van der Waals surface area contributed by atoms with E-state index in [-0.39, 0.29) is 11.6 Å². The maximum Gasteiger partial charge on any atom is 0.0919 e. The molecule has 1 unspecified atom stereocenters. The second kappa shape index (κ2) is 6.47. The summed E-state index contributed by atoms with van der Waals surface area (Å²) >= 11 is 0. The van der Waals surface area contributed by atoms with Crippen molar-refractivity contribution >= 4 is 0 Å². The molecule has 1 aliphatic rings. The lowest BCUT2D eigenvalue weighted by atomic mass is 10.00. The van der Waals surface area contributed by atoms with Gasteiger partial charge < -0.3 is 5.11 Å². The Balaban J connectivity index is 1.91. The van der Waals surface area contributed by atoms with Gasteiger partial charge in [0.05, 0.1) is 6.10 Å². The van der Waals surface area contributed by atoms with Gasteiger partial charge in [-0.05, 0) is 45.7 Å². The van der Waals surface area contributed by atoms with Gasteiger partial charge in [-0.15, -0.1) is 0 Å². The summed E-state index contributed by atoms with van der Waals surface area (Å²) in [5.74, 6) is 0. The van der Waals surface area contributed by atoms with E-state index in [2.05, 4.69) is 62.6 Å². The highest BCUT2D eigenvalue weighted by Gasteiger charge is 2.26. The molecule has 0 saturated carbocycles. The van der Waals surface area contributed by atoms with Crippen LogP contribution in [0.3, 0.4) is 0 Å². The fraction of sp³-hybridized carbons (Fsp3) is 0.667. The van der Waals surface area contributed by atoms with E-state index in [1.165, 1.54) is 11.1 Å². The van der Waals surface area contributed by atoms with Crippen LogP contribution in [0.2, 0.25) is 0 Å². The molecule has 21 heavy (non-hydrogen) atoms. The van der Waals surface area contributed by atoms with Crippen molar-refractivity contribution in [3.63, 3.8) is 0 Å². The van der Waals surface area contributed by atoms with Gasteiger partial charge in [0.25, 0.3) is 0 Å². The van der Waals surface area contributed by atoms with Gasteiger partial charge in [0.1, 0.15) is 0 Å². The molecule has 1 saturated heterocycles. The topological polar surface area (TPSA) is 26.7 Å². The zero-order chi connectivity index (χ0) is 15.6. The van der Waals surface area contributed by atoms with E-state index in [4.69, 9.17) is 0 Å². The van der Waals surface area contributed by atoms with Crippen molar-refractivity contribution in [3.05, 3.63) is 34.9 Å². The molecular weight excluding hydrogens is 260 g/mol. The molecule has 0 spiro atoms. The number of piperazine rings is 1. The van der Waals surface area contributed by atoms with Crippen LogP contribution in [-0.4, -0.2) is 53.2 Å². The summed E-state index contributed by atoms with van der Waals surface area (Å²) in [5, 5.41) is 10.5. The Labute approximate surface area is 129 Å². The lowest BCUT2D eigenvalue weighted by Crippen LogP contribution is -2.53. The predicted molar refractivity (Wildman–Crippen MR) is 88.6 cm³/mol. The number of hydrogen-bond donors (Lipinski definition) is 1. The quantitative estimate of drug-likeness (QED) is 0.927. The summed E-state index contributed by atoms with van der Waals surface area (Å²) in [6.07, 6.45) is -0.383. The third kappa shape index (κ3) is 4.29. The molecule has 1 aromatic carbocycles. The normalized spacial score (nSPS) is 19.7. The van der Waals surface area contributed by atoms with Crippen LogP contribution < -0.4 is 0 Å². The van der Waals surface area contributed by atoms with Gasteiger partial charge in [-0.3, -0.25) is 9.80 Å². The average Bonchev–Trinajstić information content (AvgIpc) is 2.38. The first kappa shape index (κ1) is 16.5. The van der Waals surface area contributed by atoms with Gasteiger partial charge in [0.2, 0.25) is 0 Å². The van der Waals surface area contributed by atoms with Gasteiger partial charge >= 0.3 is 0 Å². The summed E-state index contributed by atoms with van der Waals surface area (Å²) in [6, 6.07) is 6.31. The maximum absolute atomic E-state index is 10.5. The van der Waals surface area contributed by atoms with E-state index >= 15 is 0 Å². The summed E-state index contributed by atoms with van der Waals surface area (Å²) in [7, 11) is 0. The summed E-state index contributed by atoms with van der Waals surface area (Å²) < 4.78 is 0. The van der Waals surface area contributed by atoms with Crippen molar-refractivity contribution in [2.24, 2.45) is 0 Å². The van der Waals surface area contributed by atoms with Crippen LogP contribution in [0.15, 0.2) is 18.2 Å². The summed E-state index contributed by atoms with van der Waals surface area (Å²) in [5.41, 5.74) is 3.76. The smallest absolute Gasteiger partial charge is 0.0919 e. The van der Waals surface area contributed by atoms with Crippen LogP contribution in [0.5, 0.6) is 0 Å². The first-order valence-corrected chi connectivity index (χ1v) is 8.00. The van der Waals surface area contributed by atoms with Crippen molar-refractivity contribution in [3.8, 4) is 0 Å². The minimum atomic E-state index is -0.383. The minimum absolute atomic E-state index is 0.248. The van der Waals surface area contributed by atoms with Gasteiger partial charge in [-0.25, -0.2) is 0 Å². The molecule has 2 rings (SSSR count). The van der Waals surface area contributed by atoms with E-state index in [0.717, 1.165) is 38.3 Å².